The largest absolute Gasteiger partial charge is 0.329 e. The van der Waals surface area contributed by atoms with Gasteiger partial charge in [-0.05, 0) is 0 Å². The van der Waals surface area contributed by atoms with Crippen molar-refractivity contribution in [3.63, 3.8) is 0 Å². The molecule has 0 aliphatic rings. The molecule has 0 unspecified atom stereocenters. The minimum absolute atomic E-state index is 0.366. The Morgan fingerprint density at radius 1 is 1.18 bits per heavy atom. The van der Waals surface area contributed by atoms with Gasteiger partial charge in [-0.2, -0.15) is 0 Å². The molecule has 0 aromatic heterocycles. The van der Waals surface area contributed by atoms with Crippen molar-refractivity contribution in [3.05, 3.63) is 0 Å². The van der Waals surface area contributed by atoms with Gasteiger partial charge >= 0.3 is 0 Å². The maximum absolute atomic E-state index is 10.1. The van der Waals surface area contributed by atoms with Gasteiger partial charge in [0, 0.05) is 26.1 Å². The number of carbonyl (C=O) groups excluding carboxylic acids is 2. The van der Waals surface area contributed by atoms with Gasteiger partial charge in [0.2, 0.25) is 0 Å². The quantitative estimate of drug-likeness (QED) is 0.484. The van der Waals surface area contributed by atoms with Crippen molar-refractivity contribution in [2.24, 2.45) is 5.73 Å². The fourth-order valence-electron chi connectivity index (χ4n) is 0.818. The molecule has 0 aromatic rings. The van der Waals surface area contributed by atoms with Crippen LogP contribution in [0.5, 0.6) is 0 Å². The predicted molar refractivity (Wildman–Crippen MR) is 42.2 cm³/mol. The normalized spacial score (nSPS) is 10.0. The van der Waals surface area contributed by atoms with Crippen LogP contribution in [-0.4, -0.2) is 43.7 Å². The van der Waals surface area contributed by atoms with Gasteiger partial charge in [-0.15, -0.1) is 0 Å². The topological polar surface area (TPSA) is 63.4 Å². The summed E-state index contributed by atoms with van der Waals surface area (Å²) in [5.74, 6) is 0. The number of nitrogens with two attached hydrogens (primary N) is 1. The Hall–Kier alpha value is -0.740. The predicted octanol–water partition coefficient (Wildman–Crippen LogP) is -0.965. The average Bonchev–Trinajstić information content (AvgIpc) is 2.01. The lowest BCUT2D eigenvalue weighted by atomic mass is 10.4. The summed E-state index contributed by atoms with van der Waals surface area (Å²) >= 11 is 0. The number of hydrogen-bond donors (Lipinski definition) is 1. The molecule has 0 fully saturated rings. The van der Waals surface area contributed by atoms with E-state index in [0.29, 0.717) is 32.6 Å². The summed E-state index contributed by atoms with van der Waals surface area (Å²) in [5, 5.41) is 0. The van der Waals surface area contributed by atoms with E-state index in [-0.39, 0.29) is 0 Å². The number of rotatable bonds is 7. The van der Waals surface area contributed by atoms with E-state index in [1.165, 1.54) is 0 Å². The first-order chi connectivity index (χ1) is 5.35. The zero-order valence-electron chi connectivity index (χ0n) is 6.53. The van der Waals surface area contributed by atoms with Crippen molar-refractivity contribution >= 4 is 12.6 Å². The lowest BCUT2D eigenvalue weighted by Crippen LogP contribution is -2.32. The summed E-state index contributed by atoms with van der Waals surface area (Å²) < 4.78 is 0. The molecule has 0 spiro atoms. The highest BCUT2D eigenvalue weighted by molar-refractivity contribution is 5.52. The fourth-order valence-corrected chi connectivity index (χ4v) is 0.818. The highest BCUT2D eigenvalue weighted by Crippen LogP contribution is 1.86. The number of nitrogens with zero attached hydrogens (tertiary/aromatic N) is 1. The van der Waals surface area contributed by atoms with Crippen LogP contribution in [0.25, 0.3) is 0 Å². The van der Waals surface area contributed by atoms with Crippen molar-refractivity contribution in [1.82, 2.24) is 4.90 Å². The third kappa shape index (κ3) is 5.69. The Labute approximate surface area is 66.4 Å². The van der Waals surface area contributed by atoms with E-state index in [0.717, 1.165) is 12.6 Å². The second kappa shape index (κ2) is 7.37. The van der Waals surface area contributed by atoms with Crippen LogP contribution in [0.15, 0.2) is 0 Å². The summed E-state index contributed by atoms with van der Waals surface area (Å²) in [4.78, 5) is 21.9. The van der Waals surface area contributed by atoms with Gasteiger partial charge in [0.25, 0.3) is 0 Å². The molecule has 0 saturated carbocycles. The maximum atomic E-state index is 10.1. The highest BCUT2D eigenvalue weighted by atomic mass is 16.1. The first-order valence-electron chi connectivity index (χ1n) is 3.64. The summed E-state index contributed by atoms with van der Waals surface area (Å²) in [6, 6.07) is 0. The Morgan fingerprint density at radius 3 is 2.36 bits per heavy atom. The summed E-state index contributed by atoms with van der Waals surface area (Å²) in [6.07, 6.45) is 2.13. The monoisotopic (exact) mass is 158 g/mol. The van der Waals surface area contributed by atoms with E-state index in [1.54, 1.807) is 0 Å². The average molecular weight is 158 g/mol. The standard InChI is InChI=1S/C7H14N2O2/c8-2-4-9(5-7-11)3-1-6-10/h6-7H,1-5,8H2. The first kappa shape index (κ1) is 10.3. The molecule has 0 amide bonds. The number of aldehydes is 2. The van der Waals surface area contributed by atoms with E-state index < -0.39 is 0 Å². The molecule has 0 radical (unpaired) electrons. The van der Waals surface area contributed by atoms with Crippen LogP contribution in [-0.2, 0) is 9.59 Å². The van der Waals surface area contributed by atoms with Crippen molar-refractivity contribution < 1.29 is 9.59 Å². The number of carbonyl (C=O) groups is 2. The molecule has 0 atom stereocenters. The smallest absolute Gasteiger partial charge is 0.133 e. The summed E-state index contributed by atoms with van der Waals surface area (Å²) in [6.45, 7) is 2.18. The molecule has 0 aliphatic heterocycles. The van der Waals surface area contributed by atoms with Gasteiger partial charge in [0.15, 0.2) is 0 Å². The lowest BCUT2D eigenvalue weighted by Gasteiger charge is -2.16. The third-order valence-corrected chi connectivity index (χ3v) is 1.34. The van der Waals surface area contributed by atoms with E-state index in [1.807, 2.05) is 4.90 Å². The molecular formula is C7H14N2O2. The van der Waals surface area contributed by atoms with Crippen LogP contribution in [0.4, 0.5) is 0 Å². The van der Waals surface area contributed by atoms with Crippen molar-refractivity contribution in [2.45, 2.75) is 6.42 Å². The molecule has 11 heavy (non-hydrogen) atoms. The van der Waals surface area contributed by atoms with Crippen LogP contribution >= 0.6 is 0 Å². The molecule has 0 heterocycles. The second-order valence-corrected chi connectivity index (χ2v) is 2.21. The SMILES string of the molecule is NCCN(CC=O)CCC=O. The van der Waals surface area contributed by atoms with E-state index in [2.05, 4.69) is 0 Å². The molecule has 0 bridgehead atoms. The van der Waals surface area contributed by atoms with E-state index in [9.17, 15) is 9.59 Å². The minimum Gasteiger partial charge on any atom is -0.329 e. The fraction of sp³-hybridized carbons (Fsp3) is 0.714. The zero-order valence-corrected chi connectivity index (χ0v) is 6.53. The Bertz CT molecular complexity index is 117. The van der Waals surface area contributed by atoms with Gasteiger partial charge in [0.1, 0.15) is 12.6 Å². The molecule has 4 nitrogen and oxygen atoms in total. The van der Waals surface area contributed by atoms with Crippen LogP contribution in [0.1, 0.15) is 6.42 Å². The Kier molecular flexibility index (Phi) is 6.87. The van der Waals surface area contributed by atoms with Crippen LogP contribution in [0, 0.1) is 0 Å². The second-order valence-electron chi connectivity index (χ2n) is 2.21. The van der Waals surface area contributed by atoms with Crippen molar-refractivity contribution in [2.75, 3.05) is 26.2 Å². The van der Waals surface area contributed by atoms with Crippen molar-refractivity contribution in [1.29, 1.82) is 0 Å². The van der Waals surface area contributed by atoms with Gasteiger partial charge < -0.3 is 15.3 Å². The molecule has 4 heteroatoms. The zero-order chi connectivity index (χ0) is 8.53. The van der Waals surface area contributed by atoms with E-state index >= 15 is 0 Å². The van der Waals surface area contributed by atoms with Gasteiger partial charge in [-0.3, -0.25) is 4.90 Å². The minimum atomic E-state index is 0.366. The van der Waals surface area contributed by atoms with Crippen molar-refractivity contribution in [3.8, 4) is 0 Å². The maximum Gasteiger partial charge on any atom is 0.133 e. The van der Waals surface area contributed by atoms with Gasteiger partial charge in [-0.1, -0.05) is 0 Å². The van der Waals surface area contributed by atoms with E-state index in [4.69, 9.17) is 5.73 Å². The molecule has 0 aliphatic carbocycles. The van der Waals surface area contributed by atoms with Gasteiger partial charge in [-0.25, -0.2) is 0 Å². The van der Waals surface area contributed by atoms with Gasteiger partial charge in [0.05, 0.1) is 6.54 Å². The Morgan fingerprint density at radius 2 is 1.91 bits per heavy atom. The molecular weight excluding hydrogens is 144 g/mol. The molecule has 64 valence electrons. The summed E-state index contributed by atoms with van der Waals surface area (Å²) in [5.41, 5.74) is 5.29. The lowest BCUT2D eigenvalue weighted by molar-refractivity contribution is -0.110. The van der Waals surface area contributed by atoms with Crippen LogP contribution < -0.4 is 5.73 Å². The Balaban J connectivity index is 3.49. The molecule has 0 saturated heterocycles. The molecule has 0 rings (SSSR count). The van der Waals surface area contributed by atoms with Crippen LogP contribution in [0.2, 0.25) is 0 Å². The summed E-state index contributed by atoms with van der Waals surface area (Å²) in [7, 11) is 0. The van der Waals surface area contributed by atoms with Crippen LogP contribution in [0.3, 0.4) is 0 Å². The number of hydrogen-bond acceptors (Lipinski definition) is 4. The highest BCUT2D eigenvalue weighted by Gasteiger charge is 2.00. The molecule has 0 aromatic carbocycles. The molecule has 2 N–H and O–H groups in total. The first-order valence-corrected chi connectivity index (χ1v) is 3.64. The third-order valence-electron chi connectivity index (χ3n) is 1.34.